The number of pyridine rings is 1. The maximum Gasteiger partial charge on any atom is 0.159 e. The predicted octanol–water partition coefficient (Wildman–Crippen LogP) is 3.30. The number of amidine groups is 1. The molecule has 1 aromatic carbocycles. The Kier molecular flexibility index (Phi) is 5.15. The van der Waals surface area contributed by atoms with Crippen molar-refractivity contribution in [3.63, 3.8) is 0 Å². The fourth-order valence-corrected chi connectivity index (χ4v) is 3.51. The van der Waals surface area contributed by atoms with Crippen molar-refractivity contribution in [2.45, 2.75) is 25.5 Å². The summed E-state index contributed by atoms with van der Waals surface area (Å²) in [5.41, 5.74) is 8.59. The molecule has 1 aromatic heterocycles. The number of oxime groups is 1. The van der Waals surface area contributed by atoms with Crippen LogP contribution in [0.2, 0.25) is 0 Å². The molecule has 24 heavy (non-hydrogen) atoms. The number of rotatable bonds is 5. The molecule has 0 saturated heterocycles. The minimum Gasteiger partial charge on any atom is -0.389 e. The van der Waals surface area contributed by atoms with E-state index in [1.165, 1.54) is 0 Å². The lowest BCUT2D eigenvalue weighted by atomic mass is 9.89. The molecule has 2 aromatic rings. The smallest absolute Gasteiger partial charge is 0.159 e. The summed E-state index contributed by atoms with van der Waals surface area (Å²) >= 11 is 1.61. The van der Waals surface area contributed by atoms with Gasteiger partial charge in [0.25, 0.3) is 0 Å². The molecule has 0 bridgehead atoms. The van der Waals surface area contributed by atoms with Gasteiger partial charge in [-0.05, 0) is 42.7 Å². The molecule has 0 radical (unpaired) electrons. The highest BCUT2D eigenvalue weighted by Crippen LogP contribution is 2.35. The topological polar surface area (TPSA) is 72.9 Å². The molecule has 0 fully saturated rings. The van der Waals surface area contributed by atoms with Gasteiger partial charge >= 0.3 is 0 Å². The van der Waals surface area contributed by atoms with Gasteiger partial charge in [0.2, 0.25) is 0 Å². The third-order valence-corrected chi connectivity index (χ3v) is 4.71. The van der Waals surface area contributed by atoms with Crippen molar-refractivity contribution in [1.29, 1.82) is 0 Å². The molecule has 6 heteroatoms. The monoisotopic (exact) mass is 340 g/mol. The number of benzene rings is 1. The normalized spacial score (nSPS) is 20.8. The Morgan fingerprint density at radius 2 is 2.25 bits per heavy atom. The van der Waals surface area contributed by atoms with Crippen LogP contribution in [-0.4, -0.2) is 22.1 Å². The molecule has 124 valence electrons. The van der Waals surface area contributed by atoms with Crippen molar-refractivity contribution in [1.82, 2.24) is 4.98 Å². The second-order valence-corrected chi connectivity index (χ2v) is 6.89. The van der Waals surface area contributed by atoms with E-state index in [-0.39, 0.29) is 5.54 Å². The van der Waals surface area contributed by atoms with Crippen molar-refractivity contribution < 1.29 is 4.84 Å². The zero-order valence-corrected chi connectivity index (χ0v) is 14.4. The largest absolute Gasteiger partial charge is 0.389 e. The highest BCUT2D eigenvalue weighted by Gasteiger charge is 2.29. The van der Waals surface area contributed by atoms with Gasteiger partial charge in [-0.1, -0.05) is 41.2 Å². The molecule has 0 spiro atoms. The van der Waals surface area contributed by atoms with Gasteiger partial charge in [0.05, 0.1) is 17.4 Å². The standard InChI is InChI=1S/C18H20N4OS/c1-18(8-10-24-17(19)22-18)15-6-4-5-14(11-15)12-21-23-13-16-7-2-3-9-20-16/h2-7,9,11-12H,8,10,13H2,1H3,(H2,19,22). The van der Waals surface area contributed by atoms with Crippen molar-refractivity contribution in [2.24, 2.45) is 15.9 Å². The maximum absolute atomic E-state index is 5.90. The molecular weight excluding hydrogens is 320 g/mol. The second-order valence-electron chi connectivity index (χ2n) is 5.78. The molecule has 0 saturated carbocycles. The summed E-state index contributed by atoms with van der Waals surface area (Å²) in [7, 11) is 0. The van der Waals surface area contributed by atoms with Crippen LogP contribution in [0.15, 0.2) is 58.8 Å². The lowest BCUT2D eigenvalue weighted by Crippen LogP contribution is -2.28. The average Bonchev–Trinajstić information content (AvgIpc) is 2.60. The summed E-state index contributed by atoms with van der Waals surface area (Å²) in [6, 6.07) is 13.9. The van der Waals surface area contributed by atoms with Gasteiger partial charge in [0.15, 0.2) is 11.8 Å². The molecule has 1 aliphatic heterocycles. The van der Waals surface area contributed by atoms with Crippen molar-refractivity contribution in [3.8, 4) is 0 Å². The number of aromatic nitrogens is 1. The van der Waals surface area contributed by atoms with E-state index < -0.39 is 0 Å². The molecule has 1 atom stereocenters. The van der Waals surface area contributed by atoms with Crippen LogP contribution < -0.4 is 5.73 Å². The van der Waals surface area contributed by atoms with Crippen LogP contribution in [0.1, 0.15) is 30.2 Å². The second kappa shape index (κ2) is 7.49. The maximum atomic E-state index is 5.90. The van der Waals surface area contributed by atoms with E-state index in [2.05, 4.69) is 34.2 Å². The fraction of sp³-hybridized carbons (Fsp3) is 0.278. The van der Waals surface area contributed by atoms with Gasteiger partial charge in [0.1, 0.15) is 0 Å². The average molecular weight is 340 g/mol. The molecular formula is C18H20N4OS. The molecule has 5 nitrogen and oxygen atoms in total. The van der Waals surface area contributed by atoms with Crippen molar-refractivity contribution in [2.75, 3.05) is 5.75 Å². The van der Waals surface area contributed by atoms with Crippen LogP contribution >= 0.6 is 11.8 Å². The minimum absolute atomic E-state index is 0.270. The van der Waals surface area contributed by atoms with E-state index in [1.807, 2.05) is 30.3 Å². The molecule has 0 aliphatic carbocycles. The van der Waals surface area contributed by atoms with Gasteiger partial charge in [-0.15, -0.1) is 0 Å². The summed E-state index contributed by atoms with van der Waals surface area (Å²) in [6.07, 6.45) is 4.41. The van der Waals surface area contributed by atoms with E-state index >= 15 is 0 Å². The van der Waals surface area contributed by atoms with E-state index in [4.69, 9.17) is 10.6 Å². The summed E-state index contributed by atoms with van der Waals surface area (Å²) in [5, 5.41) is 4.69. The first-order valence-electron chi connectivity index (χ1n) is 7.80. The van der Waals surface area contributed by atoms with Crippen LogP contribution in [0.25, 0.3) is 0 Å². The molecule has 2 N–H and O–H groups in total. The number of hydrogen-bond donors (Lipinski definition) is 1. The highest BCUT2D eigenvalue weighted by molar-refractivity contribution is 8.13. The van der Waals surface area contributed by atoms with E-state index in [1.54, 1.807) is 24.2 Å². The third-order valence-electron chi connectivity index (χ3n) is 3.92. The quantitative estimate of drug-likeness (QED) is 0.669. The SMILES string of the molecule is CC1(c2cccc(C=NOCc3ccccn3)c2)CCSC(N)=N1. The Bertz CT molecular complexity index is 748. The van der Waals surface area contributed by atoms with Gasteiger partial charge < -0.3 is 10.6 Å². The number of aliphatic imine (C=N–C) groups is 1. The fourth-order valence-electron chi connectivity index (χ4n) is 2.53. The van der Waals surface area contributed by atoms with Crippen LogP contribution in [0, 0.1) is 0 Å². The Labute approximate surface area is 146 Å². The van der Waals surface area contributed by atoms with Gasteiger partial charge in [-0.25, -0.2) is 0 Å². The van der Waals surface area contributed by atoms with Crippen molar-refractivity contribution in [3.05, 3.63) is 65.5 Å². The molecule has 0 amide bonds. The highest BCUT2D eigenvalue weighted by atomic mass is 32.2. The van der Waals surface area contributed by atoms with Crippen LogP contribution in [-0.2, 0) is 17.0 Å². The molecule has 1 aliphatic rings. The first kappa shape index (κ1) is 16.5. The lowest BCUT2D eigenvalue weighted by Gasteiger charge is -2.29. The summed E-state index contributed by atoms with van der Waals surface area (Å²) < 4.78 is 0. The first-order chi connectivity index (χ1) is 11.7. The minimum atomic E-state index is -0.270. The van der Waals surface area contributed by atoms with E-state index in [0.29, 0.717) is 11.8 Å². The Hall–Kier alpha value is -2.34. The predicted molar refractivity (Wildman–Crippen MR) is 99.1 cm³/mol. The van der Waals surface area contributed by atoms with E-state index in [0.717, 1.165) is 29.0 Å². The Morgan fingerprint density at radius 1 is 1.33 bits per heavy atom. The van der Waals surface area contributed by atoms with E-state index in [9.17, 15) is 0 Å². The molecule has 2 heterocycles. The Morgan fingerprint density at radius 3 is 3.04 bits per heavy atom. The molecule has 1 unspecified atom stereocenters. The number of nitrogens with two attached hydrogens (primary N) is 1. The molecule has 3 rings (SSSR count). The van der Waals surface area contributed by atoms with Gasteiger partial charge in [-0.2, -0.15) is 0 Å². The zero-order valence-electron chi connectivity index (χ0n) is 13.6. The van der Waals surface area contributed by atoms with Crippen LogP contribution in [0.4, 0.5) is 0 Å². The van der Waals surface area contributed by atoms with Crippen LogP contribution in [0.5, 0.6) is 0 Å². The lowest BCUT2D eigenvalue weighted by molar-refractivity contribution is 0.129. The number of thioether (sulfide) groups is 1. The van der Waals surface area contributed by atoms with Crippen LogP contribution in [0.3, 0.4) is 0 Å². The first-order valence-corrected chi connectivity index (χ1v) is 8.78. The van der Waals surface area contributed by atoms with Crippen molar-refractivity contribution >= 4 is 23.1 Å². The number of hydrogen-bond acceptors (Lipinski definition) is 6. The van der Waals surface area contributed by atoms with Gasteiger partial charge in [0, 0.05) is 11.9 Å². The summed E-state index contributed by atoms with van der Waals surface area (Å²) in [6.45, 7) is 2.47. The summed E-state index contributed by atoms with van der Waals surface area (Å²) in [4.78, 5) is 14.1. The number of nitrogens with zero attached hydrogens (tertiary/aromatic N) is 3. The van der Waals surface area contributed by atoms with Gasteiger partial charge in [-0.3, -0.25) is 9.98 Å². The zero-order chi connectivity index (χ0) is 16.8. The third kappa shape index (κ3) is 4.14. The summed E-state index contributed by atoms with van der Waals surface area (Å²) in [5.74, 6) is 0.983. The Balaban J connectivity index is 1.67.